The number of pyridine rings is 1. The van der Waals surface area contributed by atoms with Gasteiger partial charge in [-0.05, 0) is 36.2 Å². The number of carbonyl (C=O) groups is 2. The quantitative estimate of drug-likeness (QED) is 0.728. The smallest absolute Gasteiger partial charge is 0.353 e. The molecule has 0 unspecified atom stereocenters. The largest absolute Gasteiger partial charge is 0.416 e. The highest BCUT2D eigenvalue weighted by molar-refractivity contribution is 5.88. The first kappa shape index (κ1) is 22.7. The van der Waals surface area contributed by atoms with Crippen molar-refractivity contribution in [2.45, 2.75) is 38.7 Å². The van der Waals surface area contributed by atoms with Crippen LogP contribution in [0.5, 0.6) is 0 Å². The number of nitrogens with one attached hydrogen (secondary N) is 1. The number of amides is 2. The Morgan fingerprint density at radius 1 is 1.23 bits per heavy atom. The first-order valence-corrected chi connectivity index (χ1v) is 10.1. The summed E-state index contributed by atoms with van der Waals surface area (Å²) in [6.45, 7) is 3.74. The predicted octanol–water partition coefficient (Wildman–Crippen LogP) is 2.84. The van der Waals surface area contributed by atoms with Gasteiger partial charge in [-0.3, -0.25) is 19.5 Å². The van der Waals surface area contributed by atoms with E-state index in [9.17, 15) is 22.8 Å². The maximum absolute atomic E-state index is 13.0. The van der Waals surface area contributed by atoms with Crippen molar-refractivity contribution in [2.75, 3.05) is 19.6 Å². The van der Waals surface area contributed by atoms with Gasteiger partial charge in [-0.2, -0.15) is 13.2 Å². The summed E-state index contributed by atoms with van der Waals surface area (Å²) in [6.07, 6.45) is -1.17. The van der Waals surface area contributed by atoms with Crippen LogP contribution in [-0.4, -0.2) is 52.3 Å². The Labute approximate surface area is 179 Å². The topological polar surface area (TPSA) is 65.5 Å². The number of rotatable bonds is 7. The second kappa shape index (κ2) is 9.91. The van der Waals surface area contributed by atoms with Crippen molar-refractivity contribution in [3.63, 3.8) is 0 Å². The molecule has 9 heteroatoms. The van der Waals surface area contributed by atoms with Gasteiger partial charge in [0.2, 0.25) is 11.8 Å². The molecule has 1 N–H and O–H groups in total. The summed E-state index contributed by atoms with van der Waals surface area (Å²) in [6, 6.07) is 7.98. The number of alkyl halides is 3. The molecule has 166 valence electrons. The molecule has 0 saturated carbocycles. The van der Waals surface area contributed by atoms with E-state index in [2.05, 4.69) is 10.3 Å². The zero-order valence-corrected chi connectivity index (χ0v) is 17.2. The van der Waals surface area contributed by atoms with Crippen molar-refractivity contribution >= 4 is 11.8 Å². The summed E-state index contributed by atoms with van der Waals surface area (Å²) in [5.41, 5.74) is 0.652. The number of carbonyl (C=O) groups excluding carboxylic acids is 2. The fourth-order valence-electron chi connectivity index (χ4n) is 3.63. The molecule has 1 atom stereocenters. The van der Waals surface area contributed by atoms with Crippen LogP contribution in [0.3, 0.4) is 0 Å². The lowest BCUT2D eigenvalue weighted by Crippen LogP contribution is -2.56. The molecule has 0 bridgehead atoms. The number of hydrogen-bond acceptors (Lipinski definition) is 4. The summed E-state index contributed by atoms with van der Waals surface area (Å²) < 4.78 is 39.1. The normalized spacial score (nSPS) is 17.3. The summed E-state index contributed by atoms with van der Waals surface area (Å²) in [5, 5.41) is 2.76. The average Bonchev–Trinajstić information content (AvgIpc) is 2.74. The maximum atomic E-state index is 13.0. The molecule has 2 heterocycles. The van der Waals surface area contributed by atoms with E-state index in [0.29, 0.717) is 31.7 Å². The van der Waals surface area contributed by atoms with Gasteiger partial charge in [0.15, 0.2) is 0 Å². The van der Waals surface area contributed by atoms with E-state index in [1.807, 2.05) is 19.1 Å². The molecular weight excluding hydrogens is 409 g/mol. The molecule has 0 radical (unpaired) electrons. The van der Waals surface area contributed by atoms with Gasteiger partial charge < -0.3 is 10.2 Å². The lowest BCUT2D eigenvalue weighted by Gasteiger charge is -2.35. The van der Waals surface area contributed by atoms with E-state index in [0.717, 1.165) is 17.7 Å². The van der Waals surface area contributed by atoms with E-state index < -0.39 is 17.8 Å². The first-order chi connectivity index (χ1) is 14.8. The van der Waals surface area contributed by atoms with Crippen LogP contribution >= 0.6 is 0 Å². The maximum Gasteiger partial charge on any atom is 0.416 e. The Morgan fingerprint density at radius 3 is 2.65 bits per heavy atom. The van der Waals surface area contributed by atoms with Gasteiger partial charge in [-0.25, -0.2) is 0 Å². The van der Waals surface area contributed by atoms with Crippen molar-refractivity contribution in [3.05, 3.63) is 65.5 Å². The van der Waals surface area contributed by atoms with Crippen LogP contribution in [0.15, 0.2) is 48.8 Å². The third-order valence-corrected chi connectivity index (χ3v) is 5.31. The summed E-state index contributed by atoms with van der Waals surface area (Å²) in [5.74, 6) is -0.470. The van der Waals surface area contributed by atoms with Crippen LogP contribution in [0.1, 0.15) is 30.0 Å². The van der Waals surface area contributed by atoms with Gasteiger partial charge in [-0.1, -0.05) is 18.2 Å². The number of hydrogen-bond donors (Lipinski definition) is 1. The Bertz CT molecular complexity index is 905. The Morgan fingerprint density at radius 2 is 1.97 bits per heavy atom. The van der Waals surface area contributed by atoms with Crippen LogP contribution in [-0.2, 0) is 28.9 Å². The highest BCUT2D eigenvalue weighted by atomic mass is 19.4. The van der Waals surface area contributed by atoms with E-state index in [4.69, 9.17) is 0 Å². The number of benzene rings is 1. The Balaban J connectivity index is 1.71. The zero-order chi connectivity index (χ0) is 22.4. The molecule has 6 nitrogen and oxygen atoms in total. The number of halogens is 3. The first-order valence-electron chi connectivity index (χ1n) is 10.1. The zero-order valence-electron chi connectivity index (χ0n) is 17.2. The minimum atomic E-state index is -4.43. The summed E-state index contributed by atoms with van der Waals surface area (Å²) in [7, 11) is 0. The van der Waals surface area contributed by atoms with Crippen LogP contribution in [0.2, 0.25) is 0 Å². The molecule has 0 aliphatic carbocycles. The molecule has 1 aliphatic rings. The fourth-order valence-corrected chi connectivity index (χ4v) is 3.63. The van der Waals surface area contributed by atoms with Gasteiger partial charge in [0.05, 0.1) is 18.0 Å². The van der Waals surface area contributed by atoms with Gasteiger partial charge in [0.25, 0.3) is 0 Å². The molecule has 0 spiro atoms. The minimum absolute atomic E-state index is 0.0380. The summed E-state index contributed by atoms with van der Waals surface area (Å²) in [4.78, 5) is 32.8. The Kier molecular flexibility index (Phi) is 7.27. The monoisotopic (exact) mass is 434 g/mol. The highest BCUT2D eigenvalue weighted by Crippen LogP contribution is 2.30. The lowest BCUT2D eigenvalue weighted by molar-refractivity contribution is -0.139. The van der Waals surface area contributed by atoms with Crippen molar-refractivity contribution in [3.8, 4) is 0 Å². The molecule has 1 aromatic carbocycles. The Hall–Kier alpha value is -2.94. The number of nitrogens with zero attached hydrogens (tertiary/aromatic N) is 3. The van der Waals surface area contributed by atoms with E-state index >= 15 is 0 Å². The van der Waals surface area contributed by atoms with Gasteiger partial charge >= 0.3 is 6.18 Å². The van der Waals surface area contributed by atoms with E-state index in [1.54, 1.807) is 28.3 Å². The van der Waals surface area contributed by atoms with Crippen LogP contribution in [0.4, 0.5) is 13.2 Å². The molecule has 3 rings (SSSR count). The predicted molar refractivity (Wildman–Crippen MR) is 109 cm³/mol. The highest BCUT2D eigenvalue weighted by Gasteiger charge is 2.34. The van der Waals surface area contributed by atoms with Crippen molar-refractivity contribution in [1.82, 2.24) is 20.1 Å². The van der Waals surface area contributed by atoms with Crippen molar-refractivity contribution < 1.29 is 22.8 Å². The second-order valence-electron chi connectivity index (χ2n) is 7.44. The third kappa shape index (κ3) is 6.04. The van der Waals surface area contributed by atoms with Crippen LogP contribution in [0, 0.1) is 0 Å². The molecule has 2 amide bonds. The number of piperazine rings is 1. The van der Waals surface area contributed by atoms with Gasteiger partial charge in [-0.15, -0.1) is 0 Å². The van der Waals surface area contributed by atoms with Crippen LogP contribution in [0.25, 0.3) is 0 Å². The second-order valence-corrected chi connectivity index (χ2v) is 7.44. The number of aromatic nitrogens is 1. The molecule has 31 heavy (non-hydrogen) atoms. The fraction of sp³-hybridized carbons (Fsp3) is 0.409. The summed E-state index contributed by atoms with van der Waals surface area (Å²) >= 11 is 0. The van der Waals surface area contributed by atoms with Crippen LogP contribution < -0.4 is 5.32 Å². The lowest BCUT2D eigenvalue weighted by atomic mass is 10.0. The minimum Gasteiger partial charge on any atom is -0.353 e. The van der Waals surface area contributed by atoms with E-state index in [-0.39, 0.29) is 24.8 Å². The van der Waals surface area contributed by atoms with Gasteiger partial charge in [0, 0.05) is 45.1 Å². The molecule has 2 aromatic rings. The molecule has 1 aromatic heterocycles. The van der Waals surface area contributed by atoms with Gasteiger partial charge in [0.1, 0.15) is 0 Å². The van der Waals surface area contributed by atoms with Crippen molar-refractivity contribution in [2.24, 2.45) is 0 Å². The van der Waals surface area contributed by atoms with E-state index in [1.165, 1.54) is 6.07 Å². The molecule has 1 saturated heterocycles. The molecule has 1 fully saturated rings. The SMILES string of the molecule is CCN(Cc1ccncc1)C(=O)C[C@@H]1C(=O)NCCN1Cc1cccc(C(F)(F)F)c1. The van der Waals surface area contributed by atoms with Crippen molar-refractivity contribution in [1.29, 1.82) is 0 Å². The molecular formula is C22H25F3N4O2. The standard InChI is InChI=1S/C22H25F3N4O2/c1-2-28(14-16-6-8-26-9-7-16)20(30)13-19-21(31)27-10-11-29(19)15-17-4-3-5-18(12-17)22(23,24)25/h3-9,12,19H,2,10-11,13-15H2,1H3,(H,27,31)/t19-/m1/s1. The third-order valence-electron chi connectivity index (χ3n) is 5.31. The average molecular weight is 434 g/mol. The molecule has 1 aliphatic heterocycles.